The lowest BCUT2D eigenvalue weighted by Crippen LogP contribution is -2.40. The van der Waals surface area contributed by atoms with Crippen molar-refractivity contribution in [3.63, 3.8) is 0 Å². The molecule has 1 fully saturated rings. The molecule has 1 amide bonds. The Balaban J connectivity index is 1.58. The molecule has 1 aliphatic rings. The van der Waals surface area contributed by atoms with E-state index in [9.17, 15) is 14.9 Å². The predicted octanol–water partition coefficient (Wildman–Crippen LogP) is 3.47. The number of nitro benzene ring substituents is 1. The van der Waals surface area contributed by atoms with Crippen molar-refractivity contribution in [1.82, 2.24) is 15.5 Å². The molecule has 1 aromatic heterocycles. The summed E-state index contributed by atoms with van der Waals surface area (Å²) >= 11 is 1.68. The molecule has 1 saturated heterocycles. The number of rotatable bonds is 9. The number of thiophene rings is 1. The van der Waals surface area contributed by atoms with Gasteiger partial charge in [-0.2, -0.15) is 0 Å². The quantitative estimate of drug-likeness (QED) is 0.209. The van der Waals surface area contributed by atoms with Crippen LogP contribution >= 0.6 is 11.3 Å². The molecule has 160 valence electrons. The molecule has 2 N–H and O–H groups in total. The van der Waals surface area contributed by atoms with Crippen molar-refractivity contribution < 1.29 is 9.72 Å². The number of hydrogen-bond acceptors (Lipinski definition) is 5. The van der Waals surface area contributed by atoms with Gasteiger partial charge in [0.15, 0.2) is 5.96 Å². The Labute approximate surface area is 180 Å². The van der Waals surface area contributed by atoms with Crippen LogP contribution in [0.15, 0.2) is 46.8 Å². The van der Waals surface area contributed by atoms with Gasteiger partial charge in [-0.25, -0.2) is 4.99 Å². The number of carbonyl (C=O) groups is 1. The maximum atomic E-state index is 11.7. The van der Waals surface area contributed by atoms with E-state index < -0.39 is 4.92 Å². The molecule has 0 spiro atoms. The fourth-order valence-electron chi connectivity index (χ4n) is 3.28. The summed E-state index contributed by atoms with van der Waals surface area (Å²) in [5.74, 6) is 0.925. The molecule has 30 heavy (non-hydrogen) atoms. The number of guanidine groups is 1. The molecule has 8 nitrogen and oxygen atoms in total. The molecule has 0 aliphatic carbocycles. The van der Waals surface area contributed by atoms with Gasteiger partial charge in [0.25, 0.3) is 5.69 Å². The van der Waals surface area contributed by atoms with Gasteiger partial charge in [-0.1, -0.05) is 18.2 Å². The highest BCUT2D eigenvalue weighted by Gasteiger charge is 2.19. The van der Waals surface area contributed by atoms with E-state index >= 15 is 0 Å². The summed E-state index contributed by atoms with van der Waals surface area (Å²) < 4.78 is 0. The molecule has 2 aromatic rings. The van der Waals surface area contributed by atoms with Gasteiger partial charge in [0.1, 0.15) is 0 Å². The van der Waals surface area contributed by atoms with E-state index in [1.54, 1.807) is 23.5 Å². The van der Waals surface area contributed by atoms with Crippen molar-refractivity contribution in [2.45, 2.75) is 38.8 Å². The van der Waals surface area contributed by atoms with Crippen LogP contribution in [0.4, 0.5) is 5.69 Å². The molecule has 2 heterocycles. The van der Waals surface area contributed by atoms with E-state index in [1.807, 2.05) is 16.3 Å². The average molecular weight is 430 g/mol. The van der Waals surface area contributed by atoms with Crippen molar-refractivity contribution in [1.29, 1.82) is 0 Å². The number of benzene rings is 1. The molecule has 1 aliphatic heterocycles. The summed E-state index contributed by atoms with van der Waals surface area (Å²) in [6.07, 6.45) is 2.46. The van der Waals surface area contributed by atoms with Gasteiger partial charge in [0, 0.05) is 43.1 Å². The zero-order chi connectivity index (χ0) is 21.3. The van der Waals surface area contributed by atoms with E-state index in [1.165, 1.54) is 17.0 Å². The first kappa shape index (κ1) is 21.8. The van der Waals surface area contributed by atoms with Crippen molar-refractivity contribution in [3.05, 3.63) is 62.3 Å². The van der Waals surface area contributed by atoms with Gasteiger partial charge in [-0.05, 0) is 36.8 Å². The topological polar surface area (TPSA) is 99.9 Å². The summed E-state index contributed by atoms with van der Waals surface area (Å²) in [6.45, 7) is 4.80. The largest absolute Gasteiger partial charge is 0.356 e. The molecular formula is C21H27N5O3S. The standard InChI is InChI=1S/C21H27N5O3S/c1-16(19-5-3-14-30-19)24-21(22-11-4-13-25-12-2-6-20(25)27)23-15-17-7-9-18(10-8-17)26(28)29/h3,5,7-10,14,16H,2,4,6,11-13,15H2,1H3,(H2,22,23,24). The molecule has 0 bridgehead atoms. The van der Waals surface area contributed by atoms with Gasteiger partial charge < -0.3 is 15.5 Å². The molecule has 1 aromatic carbocycles. The van der Waals surface area contributed by atoms with Gasteiger partial charge in [-0.3, -0.25) is 14.9 Å². The Hall–Kier alpha value is -2.94. The van der Waals surface area contributed by atoms with Crippen LogP contribution in [0.5, 0.6) is 0 Å². The second-order valence-corrected chi connectivity index (χ2v) is 8.21. The van der Waals surface area contributed by atoms with Crippen LogP contribution in [-0.2, 0) is 11.3 Å². The number of aliphatic imine (C=N–C) groups is 1. The molecule has 1 unspecified atom stereocenters. The fourth-order valence-corrected chi connectivity index (χ4v) is 4.01. The number of nitrogens with one attached hydrogen (secondary N) is 2. The SMILES string of the molecule is CC(NC(=NCc1ccc([N+](=O)[O-])cc1)NCCCN1CCCC1=O)c1cccs1. The van der Waals surface area contributed by atoms with Crippen molar-refractivity contribution in [3.8, 4) is 0 Å². The molecule has 0 saturated carbocycles. The Bertz CT molecular complexity index is 867. The van der Waals surface area contributed by atoms with E-state index in [0.29, 0.717) is 25.5 Å². The minimum absolute atomic E-state index is 0.0713. The third-order valence-electron chi connectivity index (χ3n) is 4.96. The van der Waals surface area contributed by atoms with E-state index in [-0.39, 0.29) is 17.6 Å². The number of nitro groups is 1. The zero-order valence-corrected chi connectivity index (χ0v) is 17.9. The number of hydrogen-bond donors (Lipinski definition) is 2. The molecular weight excluding hydrogens is 402 g/mol. The van der Waals surface area contributed by atoms with Crippen LogP contribution in [-0.4, -0.2) is 41.3 Å². The number of carbonyl (C=O) groups excluding carboxylic acids is 1. The lowest BCUT2D eigenvalue weighted by Gasteiger charge is -2.19. The Kier molecular flexibility index (Phi) is 7.78. The second-order valence-electron chi connectivity index (χ2n) is 7.23. The van der Waals surface area contributed by atoms with E-state index in [2.05, 4.69) is 28.6 Å². The third-order valence-corrected chi connectivity index (χ3v) is 6.01. The van der Waals surface area contributed by atoms with Gasteiger partial charge in [0.2, 0.25) is 5.91 Å². The van der Waals surface area contributed by atoms with Crippen LogP contribution in [0.1, 0.15) is 42.7 Å². The first-order valence-corrected chi connectivity index (χ1v) is 11.0. The third kappa shape index (κ3) is 6.28. The minimum atomic E-state index is -0.407. The highest BCUT2D eigenvalue weighted by Crippen LogP contribution is 2.18. The van der Waals surface area contributed by atoms with Crippen LogP contribution in [0.25, 0.3) is 0 Å². The summed E-state index contributed by atoms with van der Waals surface area (Å²) in [4.78, 5) is 29.9. The maximum absolute atomic E-state index is 11.7. The van der Waals surface area contributed by atoms with Crippen molar-refractivity contribution in [2.75, 3.05) is 19.6 Å². The summed E-state index contributed by atoms with van der Waals surface area (Å²) in [5.41, 5.74) is 0.968. The second kappa shape index (κ2) is 10.7. The summed E-state index contributed by atoms with van der Waals surface area (Å²) in [6, 6.07) is 10.6. The zero-order valence-electron chi connectivity index (χ0n) is 17.0. The first-order valence-electron chi connectivity index (χ1n) is 10.1. The highest BCUT2D eigenvalue weighted by atomic mass is 32.1. The summed E-state index contributed by atoms with van der Waals surface area (Å²) in [5, 5.41) is 19.6. The predicted molar refractivity (Wildman–Crippen MR) is 119 cm³/mol. The van der Waals surface area contributed by atoms with Crippen LogP contribution in [0, 0.1) is 10.1 Å². The first-order chi connectivity index (χ1) is 14.5. The molecule has 3 rings (SSSR count). The van der Waals surface area contributed by atoms with Crippen molar-refractivity contribution in [2.24, 2.45) is 4.99 Å². The van der Waals surface area contributed by atoms with Crippen LogP contribution < -0.4 is 10.6 Å². The fraction of sp³-hybridized carbons (Fsp3) is 0.429. The highest BCUT2D eigenvalue weighted by molar-refractivity contribution is 7.10. The lowest BCUT2D eigenvalue weighted by molar-refractivity contribution is -0.384. The van der Waals surface area contributed by atoms with Gasteiger partial charge >= 0.3 is 0 Å². The molecule has 9 heteroatoms. The van der Waals surface area contributed by atoms with Crippen LogP contribution in [0.2, 0.25) is 0 Å². The monoisotopic (exact) mass is 429 g/mol. The average Bonchev–Trinajstić information content (AvgIpc) is 3.41. The Morgan fingerprint density at radius 3 is 2.77 bits per heavy atom. The molecule has 1 atom stereocenters. The Morgan fingerprint density at radius 1 is 1.33 bits per heavy atom. The number of amides is 1. The number of likely N-dealkylation sites (tertiary alicyclic amines) is 1. The van der Waals surface area contributed by atoms with Gasteiger partial charge in [0.05, 0.1) is 17.5 Å². The minimum Gasteiger partial charge on any atom is -0.356 e. The summed E-state index contributed by atoms with van der Waals surface area (Å²) in [7, 11) is 0. The smallest absolute Gasteiger partial charge is 0.269 e. The molecule has 0 radical (unpaired) electrons. The van der Waals surface area contributed by atoms with Gasteiger partial charge in [-0.15, -0.1) is 11.3 Å². The Morgan fingerprint density at radius 2 is 2.13 bits per heavy atom. The van der Waals surface area contributed by atoms with Crippen molar-refractivity contribution >= 4 is 28.9 Å². The maximum Gasteiger partial charge on any atom is 0.269 e. The number of nitrogens with zero attached hydrogens (tertiary/aromatic N) is 3. The lowest BCUT2D eigenvalue weighted by atomic mass is 10.2. The van der Waals surface area contributed by atoms with Crippen LogP contribution in [0.3, 0.4) is 0 Å². The normalized spacial score (nSPS) is 15.3. The van der Waals surface area contributed by atoms with E-state index in [4.69, 9.17) is 0 Å². The van der Waals surface area contributed by atoms with E-state index in [0.717, 1.165) is 31.5 Å². The number of non-ortho nitro benzene ring substituents is 1.